The molecule has 1 atom stereocenters. The van der Waals surface area contributed by atoms with E-state index in [1.807, 2.05) is 20.8 Å². The molecule has 1 amide bonds. The fourth-order valence-corrected chi connectivity index (χ4v) is 3.54. The van der Waals surface area contributed by atoms with Crippen molar-refractivity contribution in [2.24, 2.45) is 13.0 Å². The predicted molar refractivity (Wildman–Crippen MR) is 119 cm³/mol. The first-order chi connectivity index (χ1) is 15.1. The van der Waals surface area contributed by atoms with Crippen LogP contribution in [0.5, 0.6) is 5.75 Å². The number of halogens is 1. The molecule has 172 valence electrons. The Morgan fingerprint density at radius 2 is 1.97 bits per heavy atom. The van der Waals surface area contributed by atoms with E-state index >= 15 is 4.39 Å². The number of amides is 1. The van der Waals surface area contributed by atoms with Crippen LogP contribution in [0.1, 0.15) is 63.1 Å². The van der Waals surface area contributed by atoms with Crippen LogP contribution < -0.4 is 15.7 Å². The van der Waals surface area contributed by atoms with E-state index in [1.165, 1.54) is 16.8 Å². The standard InChI is InChI=1S/C22H29FN6O3/c1-12(2)9-14(5)32-18-11-17(29-22(31)28(6)20(27-29)13(3)4)16(23)10-15(18)21(30)25-19-7-8-24-26-19/h7-8,10-14H,9H2,1-6H3,(H2,24,25,26,30)/t14-/m0/s1. The summed E-state index contributed by atoms with van der Waals surface area (Å²) >= 11 is 0. The van der Waals surface area contributed by atoms with Crippen molar-refractivity contribution < 1.29 is 13.9 Å². The highest BCUT2D eigenvalue weighted by molar-refractivity contribution is 6.06. The zero-order chi connectivity index (χ0) is 23.6. The third-order valence-corrected chi connectivity index (χ3v) is 4.93. The Hall–Kier alpha value is -3.43. The Morgan fingerprint density at radius 1 is 1.25 bits per heavy atom. The van der Waals surface area contributed by atoms with E-state index in [0.29, 0.717) is 17.6 Å². The molecule has 0 saturated heterocycles. The number of hydrogen-bond acceptors (Lipinski definition) is 5. The summed E-state index contributed by atoms with van der Waals surface area (Å²) in [6.07, 6.45) is 1.98. The van der Waals surface area contributed by atoms with Crippen molar-refractivity contribution in [3.8, 4) is 11.4 Å². The third-order valence-electron chi connectivity index (χ3n) is 4.93. The van der Waals surface area contributed by atoms with Crippen LogP contribution >= 0.6 is 0 Å². The van der Waals surface area contributed by atoms with Gasteiger partial charge >= 0.3 is 5.69 Å². The first-order valence-electron chi connectivity index (χ1n) is 10.6. The molecule has 10 heteroatoms. The van der Waals surface area contributed by atoms with E-state index in [0.717, 1.165) is 17.2 Å². The molecule has 9 nitrogen and oxygen atoms in total. The van der Waals surface area contributed by atoms with Crippen molar-refractivity contribution in [2.75, 3.05) is 5.32 Å². The van der Waals surface area contributed by atoms with Gasteiger partial charge in [0.25, 0.3) is 5.91 Å². The highest BCUT2D eigenvalue weighted by atomic mass is 19.1. The lowest BCUT2D eigenvalue weighted by Crippen LogP contribution is -2.24. The number of anilines is 1. The number of aromatic nitrogens is 5. The maximum Gasteiger partial charge on any atom is 0.350 e. The lowest BCUT2D eigenvalue weighted by molar-refractivity contribution is 0.101. The molecule has 0 aliphatic rings. The monoisotopic (exact) mass is 444 g/mol. The Morgan fingerprint density at radius 3 is 2.53 bits per heavy atom. The molecular formula is C22H29FN6O3. The molecule has 0 radical (unpaired) electrons. The summed E-state index contributed by atoms with van der Waals surface area (Å²) in [7, 11) is 1.59. The minimum atomic E-state index is -0.765. The maximum atomic E-state index is 15.2. The topological polar surface area (TPSA) is 107 Å². The van der Waals surface area contributed by atoms with E-state index in [1.54, 1.807) is 13.1 Å². The summed E-state index contributed by atoms with van der Waals surface area (Å²) in [5.41, 5.74) is -0.560. The van der Waals surface area contributed by atoms with Crippen LogP contribution in [0.15, 0.2) is 29.2 Å². The fourth-order valence-electron chi connectivity index (χ4n) is 3.54. The second-order valence-corrected chi connectivity index (χ2v) is 8.55. The number of H-pyrrole nitrogens is 1. The number of carbonyl (C=O) groups excluding carboxylic acids is 1. The van der Waals surface area contributed by atoms with Crippen LogP contribution in [-0.4, -0.2) is 36.6 Å². The zero-order valence-corrected chi connectivity index (χ0v) is 19.1. The van der Waals surface area contributed by atoms with Gasteiger partial charge in [-0.1, -0.05) is 27.7 Å². The van der Waals surface area contributed by atoms with Crippen LogP contribution in [0.3, 0.4) is 0 Å². The number of ether oxygens (including phenoxy) is 1. The van der Waals surface area contributed by atoms with Crippen molar-refractivity contribution in [1.29, 1.82) is 0 Å². The third kappa shape index (κ3) is 4.90. The number of carbonyl (C=O) groups is 1. The second kappa shape index (κ2) is 9.37. The van der Waals surface area contributed by atoms with Gasteiger partial charge in [-0.15, -0.1) is 5.10 Å². The van der Waals surface area contributed by atoms with E-state index in [2.05, 4.69) is 34.5 Å². The lowest BCUT2D eigenvalue weighted by atomic mass is 10.1. The molecule has 2 N–H and O–H groups in total. The average molecular weight is 445 g/mol. The highest BCUT2D eigenvalue weighted by Gasteiger charge is 2.23. The summed E-state index contributed by atoms with van der Waals surface area (Å²) in [4.78, 5) is 25.6. The Kier molecular flexibility index (Phi) is 6.81. The van der Waals surface area contributed by atoms with Gasteiger partial charge in [-0.05, 0) is 25.3 Å². The Labute approximate surface area is 185 Å². The summed E-state index contributed by atoms with van der Waals surface area (Å²) < 4.78 is 23.6. The van der Waals surface area contributed by atoms with Gasteiger partial charge in [-0.25, -0.2) is 9.18 Å². The van der Waals surface area contributed by atoms with Gasteiger partial charge < -0.3 is 10.1 Å². The van der Waals surface area contributed by atoms with Crippen LogP contribution in [0.25, 0.3) is 5.69 Å². The predicted octanol–water partition coefficient (Wildman–Crippen LogP) is 3.62. The lowest BCUT2D eigenvalue weighted by Gasteiger charge is -2.19. The van der Waals surface area contributed by atoms with Gasteiger partial charge in [0.2, 0.25) is 0 Å². The number of rotatable bonds is 8. The molecule has 0 aliphatic heterocycles. The molecule has 32 heavy (non-hydrogen) atoms. The molecule has 1 aromatic carbocycles. The number of benzene rings is 1. The second-order valence-electron chi connectivity index (χ2n) is 8.55. The quantitative estimate of drug-likeness (QED) is 0.552. The zero-order valence-electron chi connectivity index (χ0n) is 19.1. The first kappa shape index (κ1) is 23.2. The van der Waals surface area contributed by atoms with Gasteiger partial charge in [-0.2, -0.15) is 9.78 Å². The SMILES string of the molecule is CC(C)C[C@H](C)Oc1cc(-n2nc(C(C)C)n(C)c2=O)c(F)cc1C(=O)Nc1ccn[nH]1. The summed E-state index contributed by atoms with van der Waals surface area (Å²) in [5, 5.41) is 13.3. The van der Waals surface area contributed by atoms with Crippen LogP contribution in [-0.2, 0) is 7.05 Å². The van der Waals surface area contributed by atoms with E-state index in [9.17, 15) is 9.59 Å². The van der Waals surface area contributed by atoms with Crippen molar-refractivity contribution in [1.82, 2.24) is 24.5 Å². The van der Waals surface area contributed by atoms with Crippen molar-refractivity contribution >= 4 is 11.7 Å². The smallest absolute Gasteiger partial charge is 0.350 e. The molecule has 2 aromatic heterocycles. The number of nitrogens with zero attached hydrogens (tertiary/aromatic N) is 4. The summed E-state index contributed by atoms with van der Waals surface area (Å²) in [5.74, 6) is 0.0452. The van der Waals surface area contributed by atoms with Gasteiger partial charge in [0.15, 0.2) is 0 Å². The van der Waals surface area contributed by atoms with E-state index < -0.39 is 17.4 Å². The summed E-state index contributed by atoms with van der Waals surface area (Å²) in [6, 6.07) is 3.99. The van der Waals surface area contributed by atoms with E-state index in [-0.39, 0.29) is 29.0 Å². The van der Waals surface area contributed by atoms with Gasteiger partial charge in [0, 0.05) is 25.1 Å². The first-order valence-corrected chi connectivity index (χ1v) is 10.6. The van der Waals surface area contributed by atoms with Crippen LogP contribution in [0.4, 0.5) is 10.2 Å². The number of hydrogen-bond donors (Lipinski definition) is 2. The average Bonchev–Trinajstić information content (AvgIpc) is 3.31. The van der Waals surface area contributed by atoms with Crippen LogP contribution in [0, 0.1) is 11.7 Å². The molecule has 2 heterocycles. The molecule has 0 aliphatic carbocycles. The minimum absolute atomic E-state index is 0.00418. The fraction of sp³-hybridized carbons (Fsp3) is 0.455. The van der Waals surface area contributed by atoms with Gasteiger partial charge in [0.05, 0.1) is 17.9 Å². The van der Waals surface area contributed by atoms with Crippen molar-refractivity contribution in [2.45, 2.75) is 53.1 Å². The van der Waals surface area contributed by atoms with E-state index in [4.69, 9.17) is 4.74 Å². The summed E-state index contributed by atoms with van der Waals surface area (Å²) in [6.45, 7) is 9.79. The highest BCUT2D eigenvalue weighted by Crippen LogP contribution is 2.28. The molecule has 0 fully saturated rings. The Bertz CT molecular complexity index is 1150. The largest absolute Gasteiger partial charge is 0.490 e. The molecular weight excluding hydrogens is 415 g/mol. The minimum Gasteiger partial charge on any atom is -0.490 e. The Balaban J connectivity index is 2.09. The maximum absolute atomic E-state index is 15.2. The molecule has 0 spiro atoms. The number of aromatic amines is 1. The van der Waals surface area contributed by atoms with Gasteiger partial charge in [0.1, 0.15) is 28.9 Å². The van der Waals surface area contributed by atoms with Gasteiger partial charge in [-0.3, -0.25) is 14.5 Å². The number of nitrogens with one attached hydrogen (secondary N) is 2. The molecule has 0 saturated carbocycles. The molecule has 3 rings (SSSR count). The molecule has 0 bridgehead atoms. The van der Waals surface area contributed by atoms with Crippen LogP contribution in [0.2, 0.25) is 0 Å². The van der Waals surface area contributed by atoms with Crippen molar-refractivity contribution in [3.05, 3.63) is 52.1 Å². The molecule has 3 aromatic rings. The normalized spacial score (nSPS) is 12.4. The molecule has 0 unspecified atom stereocenters. The van der Waals surface area contributed by atoms with Crippen molar-refractivity contribution in [3.63, 3.8) is 0 Å².